The third-order valence-electron chi connectivity index (χ3n) is 3.26. The molecule has 1 N–H and O–H groups in total. The Morgan fingerprint density at radius 3 is 3.00 bits per heavy atom. The van der Waals surface area contributed by atoms with E-state index in [1.54, 1.807) is 7.11 Å². The molecule has 1 amide bonds. The van der Waals surface area contributed by atoms with E-state index in [0.717, 1.165) is 30.9 Å². The van der Waals surface area contributed by atoms with Gasteiger partial charge in [0.2, 0.25) is 5.91 Å². The molecule has 1 aliphatic rings. The number of para-hydroxylation sites is 1. The van der Waals surface area contributed by atoms with Crippen LogP contribution in [-0.4, -0.2) is 43.6 Å². The van der Waals surface area contributed by atoms with Crippen molar-refractivity contribution in [1.29, 1.82) is 0 Å². The van der Waals surface area contributed by atoms with Gasteiger partial charge >= 0.3 is 0 Å². The lowest BCUT2D eigenvalue weighted by Gasteiger charge is -2.32. The summed E-state index contributed by atoms with van der Waals surface area (Å²) in [4.78, 5) is 14.1. The van der Waals surface area contributed by atoms with Gasteiger partial charge in [0.15, 0.2) is 0 Å². The van der Waals surface area contributed by atoms with Crippen LogP contribution in [-0.2, 0) is 11.2 Å². The fraction of sp³-hybridized carbons (Fsp3) is 0.500. The number of piperazine rings is 1. The first-order chi connectivity index (χ1) is 8.70. The molecule has 0 saturated carbocycles. The van der Waals surface area contributed by atoms with Gasteiger partial charge in [-0.3, -0.25) is 4.79 Å². The quantitative estimate of drug-likeness (QED) is 0.869. The number of ether oxygens (including phenoxy) is 1. The molecule has 98 valence electrons. The van der Waals surface area contributed by atoms with Crippen LogP contribution in [0.4, 0.5) is 0 Å². The van der Waals surface area contributed by atoms with Crippen molar-refractivity contribution in [2.75, 3.05) is 26.7 Å². The summed E-state index contributed by atoms with van der Waals surface area (Å²) < 4.78 is 5.27. The van der Waals surface area contributed by atoms with Crippen LogP contribution in [0, 0.1) is 0 Å². The summed E-state index contributed by atoms with van der Waals surface area (Å²) in [6.45, 7) is 4.55. The highest BCUT2D eigenvalue weighted by atomic mass is 16.5. The number of hydrogen-bond donors (Lipinski definition) is 1. The number of nitrogens with zero attached hydrogens (tertiary/aromatic N) is 1. The van der Waals surface area contributed by atoms with Crippen molar-refractivity contribution < 1.29 is 9.53 Å². The fourth-order valence-electron chi connectivity index (χ4n) is 2.28. The highest BCUT2D eigenvalue weighted by Gasteiger charge is 2.21. The van der Waals surface area contributed by atoms with Gasteiger partial charge in [0.1, 0.15) is 5.75 Å². The molecule has 1 saturated heterocycles. The number of methoxy groups -OCH3 is 1. The summed E-state index contributed by atoms with van der Waals surface area (Å²) in [6.07, 6.45) is 0.413. The summed E-state index contributed by atoms with van der Waals surface area (Å²) in [5, 5.41) is 3.33. The van der Waals surface area contributed by atoms with Crippen molar-refractivity contribution >= 4 is 5.91 Å². The lowest BCUT2D eigenvalue weighted by Crippen LogP contribution is -2.51. The molecular formula is C14H20N2O2. The molecule has 0 spiro atoms. The smallest absolute Gasteiger partial charge is 0.227 e. The molecule has 0 aliphatic carbocycles. The number of hydrogen-bond acceptors (Lipinski definition) is 3. The number of nitrogens with one attached hydrogen (secondary N) is 1. The van der Waals surface area contributed by atoms with Gasteiger partial charge in [0.25, 0.3) is 0 Å². The van der Waals surface area contributed by atoms with Crippen LogP contribution in [0.25, 0.3) is 0 Å². The van der Waals surface area contributed by atoms with Gasteiger partial charge in [-0.05, 0) is 13.0 Å². The monoisotopic (exact) mass is 248 g/mol. The van der Waals surface area contributed by atoms with Gasteiger partial charge < -0.3 is 15.0 Å². The van der Waals surface area contributed by atoms with Gasteiger partial charge in [-0.1, -0.05) is 18.2 Å². The Balaban J connectivity index is 2.02. The summed E-state index contributed by atoms with van der Waals surface area (Å²) >= 11 is 0. The summed E-state index contributed by atoms with van der Waals surface area (Å²) in [7, 11) is 1.64. The van der Waals surface area contributed by atoms with E-state index in [-0.39, 0.29) is 5.91 Å². The molecule has 1 aliphatic heterocycles. The number of amides is 1. The van der Waals surface area contributed by atoms with E-state index in [9.17, 15) is 4.79 Å². The molecular weight excluding hydrogens is 228 g/mol. The van der Waals surface area contributed by atoms with Crippen molar-refractivity contribution in [3.8, 4) is 5.75 Å². The predicted molar refractivity (Wildman–Crippen MR) is 70.7 cm³/mol. The molecule has 1 heterocycles. The van der Waals surface area contributed by atoms with Crippen LogP contribution in [0.1, 0.15) is 12.5 Å². The maximum absolute atomic E-state index is 12.2. The molecule has 2 rings (SSSR count). The highest BCUT2D eigenvalue weighted by molar-refractivity contribution is 5.79. The topological polar surface area (TPSA) is 41.6 Å². The van der Waals surface area contributed by atoms with Gasteiger partial charge in [0.05, 0.1) is 13.5 Å². The summed E-state index contributed by atoms with van der Waals surface area (Å²) in [5.41, 5.74) is 0.955. The summed E-state index contributed by atoms with van der Waals surface area (Å²) in [6, 6.07) is 8.07. The highest BCUT2D eigenvalue weighted by Crippen LogP contribution is 2.18. The zero-order valence-corrected chi connectivity index (χ0v) is 11.0. The average Bonchev–Trinajstić information content (AvgIpc) is 2.39. The molecule has 1 atom stereocenters. The Morgan fingerprint density at radius 1 is 1.50 bits per heavy atom. The SMILES string of the molecule is COc1ccccc1CC(=O)N1CCN[C@@H](C)C1. The van der Waals surface area contributed by atoms with E-state index in [1.165, 1.54) is 0 Å². The van der Waals surface area contributed by atoms with Crippen molar-refractivity contribution in [1.82, 2.24) is 10.2 Å². The number of rotatable bonds is 3. The van der Waals surface area contributed by atoms with Gasteiger partial charge in [-0.15, -0.1) is 0 Å². The molecule has 1 aromatic carbocycles. The van der Waals surface area contributed by atoms with Crippen LogP contribution in [0.15, 0.2) is 24.3 Å². The van der Waals surface area contributed by atoms with Crippen LogP contribution in [0.3, 0.4) is 0 Å². The largest absolute Gasteiger partial charge is 0.496 e. The Kier molecular flexibility index (Phi) is 4.20. The number of carbonyl (C=O) groups excluding carboxylic acids is 1. The van der Waals surface area contributed by atoms with Crippen LogP contribution in [0.2, 0.25) is 0 Å². The molecule has 0 radical (unpaired) electrons. The Hall–Kier alpha value is -1.55. The third kappa shape index (κ3) is 3.01. The lowest BCUT2D eigenvalue weighted by atomic mass is 10.1. The maximum atomic E-state index is 12.2. The molecule has 1 fully saturated rings. The molecule has 1 aromatic rings. The second-order valence-electron chi connectivity index (χ2n) is 4.68. The van der Waals surface area contributed by atoms with E-state index >= 15 is 0 Å². The number of benzene rings is 1. The molecule has 4 nitrogen and oxygen atoms in total. The minimum absolute atomic E-state index is 0.174. The third-order valence-corrected chi connectivity index (χ3v) is 3.26. The first kappa shape index (κ1) is 12.9. The molecule has 0 aromatic heterocycles. The molecule has 0 bridgehead atoms. The zero-order chi connectivity index (χ0) is 13.0. The zero-order valence-electron chi connectivity index (χ0n) is 11.0. The van der Waals surface area contributed by atoms with Gasteiger partial charge in [0, 0.05) is 31.2 Å². The fourth-order valence-corrected chi connectivity index (χ4v) is 2.28. The standard InChI is InChI=1S/C14H20N2O2/c1-11-10-16(8-7-15-11)14(17)9-12-5-3-4-6-13(12)18-2/h3-6,11,15H,7-10H2,1-2H3/t11-/m0/s1. The average molecular weight is 248 g/mol. The van der Waals surface area contributed by atoms with Crippen molar-refractivity contribution in [2.24, 2.45) is 0 Å². The Labute approximate surface area is 108 Å². The van der Waals surface area contributed by atoms with Crippen LogP contribution in [0.5, 0.6) is 5.75 Å². The molecule has 0 unspecified atom stereocenters. The second kappa shape index (κ2) is 5.87. The minimum atomic E-state index is 0.174. The first-order valence-corrected chi connectivity index (χ1v) is 6.33. The lowest BCUT2D eigenvalue weighted by molar-refractivity contribution is -0.131. The maximum Gasteiger partial charge on any atom is 0.227 e. The van der Waals surface area contributed by atoms with Crippen molar-refractivity contribution in [3.63, 3.8) is 0 Å². The Morgan fingerprint density at radius 2 is 2.28 bits per heavy atom. The van der Waals surface area contributed by atoms with Gasteiger partial charge in [-0.25, -0.2) is 0 Å². The van der Waals surface area contributed by atoms with Gasteiger partial charge in [-0.2, -0.15) is 0 Å². The van der Waals surface area contributed by atoms with E-state index in [2.05, 4.69) is 12.2 Å². The van der Waals surface area contributed by atoms with Crippen molar-refractivity contribution in [2.45, 2.75) is 19.4 Å². The van der Waals surface area contributed by atoms with E-state index < -0.39 is 0 Å². The normalized spacial score (nSPS) is 19.7. The van der Waals surface area contributed by atoms with Crippen molar-refractivity contribution in [3.05, 3.63) is 29.8 Å². The van der Waals surface area contributed by atoms with E-state index in [1.807, 2.05) is 29.2 Å². The van der Waals surface area contributed by atoms with Crippen LogP contribution >= 0.6 is 0 Å². The van der Waals surface area contributed by atoms with E-state index in [0.29, 0.717) is 12.5 Å². The summed E-state index contributed by atoms with van der Waals surface area (Å²) in [5.74, 6) is 0.960. The molecule has 18 heavy (non-hydrogen) atoms. The second-order valence-corrected chi connectivity index (χ2v) is 4.68. The first-order valence-electron chi connectivity index (χ1n) is 6.33. The minimum Gasteiger partial charge on any atom is -0.496 e. The van der Waals surface area contributed by atoms with Crippen LogP contribution < -0.4 is 10.1 Å². The Bertz CT molecular complexity index is 420. The number of carbonyl (C=O) groups is 1. The predicted octanol–water partition coefficient (Wildman–Crippen LogP) is 1.06. The molecule has 4 heteroatoms. The van der Waals surface area contributed by atoms with E-state index in [4.69, 9.17) is 4.74 Å².